The number of aryl methyl sites for hydroxylation is 1. The van der Waals surface area contributed by atoms with Crippen LogP contribution in [0.1, 0.15) is 38.4 Å². The summed E-state index contributed by atoms with van der Waals surface area (Å²) in [5, 5.41) is 12.7. The second kappa shape index (κ2) is 7.26. The Kier molecular flexibility index (Phi) is 5.07. The van der Waals surface area contributed by atoms with E-state index in [2.05, 4.69) is 11.4 Å². The summed E-state index contributed by atoms with van der Waals surface area (Å²) in [5.41, 5.74) is 1.17. The summed E-state index contributed by atoms with van der Waals surface area (Å²) in [6, 6.07) is 10.8. The molecule has 25 heavy (non-hydrogen) atoms. The van der Waals surface area contributed by atoms with Gasteiger partial charge in [-0.3, -0.25) is 9.59 Å². The molecule has 0 bridgehead atoms. The van der Waals surface area contributed by atoms with Crippen molar-refractivity contribution in [3.8, 4) is 6.07 Å². The number of halogens is 1. The van der Waals surface area contributed by atoms with Crippen LogP contribution in [0.3, 0.4) is 0 Å². The maximum Gasteiger partial charge on any atom is 0.265 e. The number of hydrogen-bond donors (Lipinski definition) is 1. The molecule has 1 N–H and O–H groups in total. The molecule has 7 heteroatoms. The van der Waals surface area contributed by atoms with E-state index in [0.29, 0.717) is 20.5 Å². The first-order valence-electron chi connectivity index (χ1n) is 7.85. The highest BCUT2D eigenvalue weighted by atomic mass is 35.5. The van der Waals surface area contributed by atoms with E-state index >= 15 is 0 Å². The minimum absolute atomic E-state index is 0.0855. The number of anilines is 1. The smallest absolute Gasteiger partial charge is 0.265 e. The second-order valence-corrected chi connectivity index (χ2v) is 7.34. The van der Waals surface area contributed by atoms with Gasteiger partial charge >= 0.3 is 0 Å². The fourth-order valence-corrected chi connectivity index (χ4v) is 3.79. The number of amides is 2. The lowest BCUT2D eigenvalue weighted by molar-refractivity contribution is 0.0769. The minimum atomic E-state index is -0.318. The predicted octanol–water partition coefficient (Wildman–Crippen LogP) is 4.09. The first-order valence-corrected chi connectivity index (χ1v) is 9.05. The van der Waals surface area contributed by atoms with Crippen LogP contribution < -0.4 is 5.32 Å². The highest BCUT2D eigenvalue weighted by Gasteiger charge is 2.34. The van der Waals surface area contributed by atoms with Crippen LogP contribution in [-0.4, -0.2) is 29.3 Å². The van der Waals surface area contributed by atoms with Gasteiger partial charge in [0.15, 0.2) is 0 Å². The van der Waals surface area contributed by atoms with Crippen LogP contribution in [0.5, 0.6) is 0 Å². The lowest BCUT2D eigenvalue weighted by atomic mass is 10.2. The average molecular weight is 374 g/mol. The van der Waals surface area contributed by atoms with Gasteiger partial charge in [-0.1, -0.05) is 23.7 Å². The number of nitrogens with one attached hydrogen (secondary N) is 1. The SMILES string of the molecule is Cc1cc(NC(=O)c2ccccc2Cl)sc1C(=O)N(CC#N)C1CC1. The molecule has 0 radical (unpaired) electrons. The van der Waals surface area contributed by atoms with Gasteiger partial charge < -0.3 is 10.2 Å². The third kappa shape index (κ3) is 3.84. The van der Waals surface area contributed by atoms with Gasteiger partial charge in [-0.2, -0.15) is 5.26 Å². The van der Waals surface area contributed by atoms with Crippen LogP contribution in [0.15, 0.2) is 30.3 Å². The second-order valence-electron chi connectivity index (χ2n) is 5.88. The Morgan fingerprint density at radius 2 is 2.12 bits per heavy atom. The largest absolute Gasteiger partial charge is 0.322 e. The Morgan fingerprint density at radius 3 is 2.76 bits per heavy atom. The van der Waals surface area contributed by atoms with Crippen molar-refractivity contribution in [2.45, 2.75) is 25.8 Å². The predicted molar refractivity (Wildman–Crippen MR) is 98.1 cm³/mol. The lowest BCUT2D eigenvalue weighted by Crippen LogP contribution is -2.33. The van der Waals surface area contributed by atoms with Gasteiger partial charge in [0, 0.05) is 6.04 Å². The molecular weight excluding hydrogens is 358 g/mol. The Labute approximate surface area is 154 Å². The monoisotopic (exact) mass is 373 g/mol. The number of thiophene rings is 1. The molecular formula is C18H16ClN3O2S. The van der Waals surface area contributed by atoms with E-state index in [-0.39, 0.29) is 24.4 Å². The first-order chi connectivity index (χ1) is 12.0. The third-order valence-electron chi connectivity index (χ3n) is 3.96. The minimum Gasteiger partial charge on any atom is -0.322 e. The number of benzene rings is 1. The zero-order chi connectivity index (χ0) is 18.0. The zero-order valence-corrected chi connectivity index (χ0v) is 15.2. The summed E-state index contributed by atoms with van der Waals surface area (Å²) >= 11 is 7.26. The van der Waals surface area contributed by atoms with Crippen LogP contribution in [0.4, 0.5) is 5.00 Å². The van der Waals surface area contributed by atoms with Crippen molar-refractivity contribution in [1.82, 2.24) is 4.90 Å². The fraction of sp³-hybridized carbons (Fsp3) is 0.278. The Hall–Kier alpha value is -2.36. The molecule has 1 aromatic carbocycles. The van der Waals surface area contributed by atoms with Gasteiger partial charge in [0.25, 0.3) is 11.8 Å². The lowest BCUT2D eigenvalue weighted by Gasteiger charge is -2.18. The van der Waals surface area contributed by atoms with Crippen LogP contribution in [0.2, 0.25) is 5.02 Å². The van der Waals surface area contributed by atoms with E-state index in [1.54, 1.807) is 35.2 Å². The molecule has 5 nitrogen and oxygen atoms in total. The standard InChI is InChI=1S/C18H16ClN3O2S/c1-11-10-15(21-17(23)13-4-2-3-5-14(13)19)25-16(11)18(24)22(9-8-20)12-6-7-12/h2-5,10,12H,6-7,9H2,1H3,(H,21,23). The number of carbonyl (C=O) groups is 2. The van der Waals surface area contributed by atoms with Gasteiger partial charge in [-0.15, -0.1) is 11.3 Å². The molecule has 0 spiro atoms. The molecule has 128 valence electrons. The van der Waals surface area contributed by atoms with Gasteiger partial charge in [-0.05, 0) is 43.5 Å². The van der Waals surface area contributed by atoms with E-state index in [4.69, 9.17) is 16.9 Å². The van der Waals surface area contributed by atoms with Crippen molar-refractivity contribution in [2.24, 2.45) is 0 Å². The summed E-state index contributed by atoms with van der Waals surface area (Å²) in [7, 11) is 0. The Balaban J connectivity index is 1.78. The number of hydrogen-bond acceptors (Lipinski definition) is 4. The maximum absolute atomic E-state index is 12.7. The number of nitriles is 1. The van der Waals surface area contributed by atoms with Gasteiger partial charge in [0.1, 0.15) is 6.54 Å². The van der Waals surface area contributed by atoms with E-state index in [9.17, 15) is 9.59 Å². The summed E-state index contributed by atoms with van der Waals surface area (Å²) in [6.07, 6.45) is 1.88. The van der Waals surface area contributed by atoms with Crippen molar-refractivity contribution in [3.63, 3.8) is 0 Å². The number of nitrogens with zero attached hydrogens (tertiary/aromatic N) is 2. The van der Waals surface area contributed by atoms with Gasteiger partial charge in [0.2, 0.25) is 0 Å². The maximum atomic E-state index is 12.7. The molecule has 2 amide bonds. The molecule has 0 saturated heterocycles. The molecule has 0 unspecified atom stereocenters. The average Bonchev–Trinajstić information content (AvgIpc) is 3.35. The van der Waals surface area contributed by atoms with E-state index in [0.717, 1.165) is 18.4 Å². The highest BCUT2D eigenvalue weighted by molar-refractivity contribution is 7.18. The van der Waals surface area contributed by atoms with Crippen molar-refractivity contribution >= 4 is 39.8 Å². The zero-order valence-electron chi connectivity index (χ0n) is 13.6. The molecule has 1 heterocycles. The molecule has 1 aliphatic carbocycles. The number of rotatable bonds is 5. The summed E-state index contributed by atoms with van der Waals surface area (Å²) < 4.78 is 0. The van der Waals surface area contributed by atoms with Crippen LogP contribution in [0, 0.1) is 18.3 Å². The van der Waals surface area contributed by atoms with Gasteiger partial charge in [0.05, 0.1) is 26.5 Å². The summed E-state index contributed by atoms with van der Waals surface area (Å²) in [5.74, 6) is -0.466. The summed E-state index contributed by atoms with van der Waals surface area (Å²) in [6.45, 7) is 1.91. The van der Waals surface area contributed by atoms with Crippen LogP contribution >= 0.6 is 22.9 Å². The van der Waals surface area contributed by atoms with E-state index < -0.39 is 0 Å². The number of carbonyl (C=O) groups excluding carboxylic acids is 2. The van der Waals surface area contributed by atoms with E-state index in [1.807, 2.05) is 6.92 Å². The molecule has 1 aliphatic rings. The molecule has 0 aliphatic heterocycles. The normalized spacial score (nSPS) is 13.2. The van der Waals surface area contributed by atoms with E-state index in [1.165, 1.54) is 11.3 Å². The molecule has 1 aromatic heterocycles. The molecule has 1 fully saturated rings. The first kappa shape index (κ1) is 17.5. The molecule has 3 rings (SSSR count). The highest BCUT2D eigenvalue weighted by Crippen LogP contribution is 2.33. The quantitative estimate of drug-likeness (QED) is 0.802. The van der Waals surface area contributed by atoms with Crippen molar-refractivity contribution in [3.05, 3.63) is 51.4 Å². The van der Waals surface area contributed by atoms with Crippen molar-refractivity contribution in [2.75, 3.05) is 11.9 Å². The molecule has 1 saturated carbocycles. The van der Waals surface area contributed by atoms with Crippen molar-refractivity contribution < 1.29 is 9.59 Å². The van der Waals surface area contributed by atoms with Crippen LogP contribution in [-0.2, 0) is 0 Å². The molecule has 2 aromatic rings. The molecule has 0 atom stereocenters. The van der Waals surface area contributed by atoms with Crippen molar-refractivity contribution in [1.29, 1.82) is 5.26 Å². The fourth-order valence-electron chi connectivity index (χ4n) is 2.54. The van der Waals surface area contributed by atoms with Crippen LogP contribution in [0.25, 0.3) is 0 Å². The Bertz CT molecular complexity index is 867. The summed E-state index contributed by atoms with van der Waals surface area (Å²) in [4.78, 5) is 27.2. The topological polar surface area (TPSA) is 73.2 Å². The Morgan fingerprint density at radius 1 is 1.40 bits per heavy atom. The third-order valence-corrected chi connectivity index (χ3v) is 5.43. The van der Waals surface area contributed by atoms with Gasteiger partial charge in [-0.25, -0.2) is 0 Å².